The molecule has 0 aliphatic carbocycles. The zero-order valence-corrected chi connectivity index (χ0v) is 13.4. The number of carbonyl (C=O) groups excluding carboxylic acids is 1. The lowest BCUT2D eigenvalue weighted by atomic mass is 10.3. The number of H-pyrrole nitrogens is 1. The Kier molecular flexibility index (Phi) is 4.68. The first-order valence-electron chi connectivity index (χ1n) is 7.65. The fraction of sp³-hybridized carbons (Fsp3) is 0.571. The molecule has 1 fully saturated rings. The number of carbonyl (C=O) groups is 1. The molecule has 0 unspecified atom stereocenters. The molecule has 9 heteroatoms. The molecule has 0 bridgehead atoms. The van der Waals surface area contributed by atoms with Crippen molar-refractivity contribution in [3.63, 3.8) is 0 Å². The summed E-state index contributed by atoms with van der Waals surface area (Å²) < 4.78 is 5.36. The van der Waals surface area contributed by atoms with E-state index in [0.717, 1.165) is 31.2 Å². The summed E-state index contributed by atoms with van der Waals surface area (Å²) in [4.78, 5) is 23.8. The molecular formula is C14H21N7O2. The summed E-state index contributed by atoms with van der Waals surface area (Å²) in [7, 11) is 1.78. The van der Waals surface area contributed by atoms with Crippen molar-refractivity contribution in [2.24, 2.45) is 0 Å². The van der Waals surface area contributed by atoms with Gasteiger partial charge in [-0.3, -0.25) is 9.69 Å². The van der Waals surface area contributed by atoms with Crippen molar-refractivity contribution in [2.75, 3.05) is 33.2 Å². The van der Waals surface area contributed by atoms with Crippen LogP contribution in [0.3, 0.4) is 0 Å². The van der Waals surface area contributed by atoms with Crippen LogP contribution in [0.2, 0.25) is 0 Å². The number of nitrogens with one attached hydrogen (secondary N) is 2. The molecular weight excluding hydrogens is 298 g/mol. The van der Waals surface area contributed by atoms with E-state index in [4.69, 9.17) is 4.42 Å². The summed E-state index contributed by atoms with van der Waals surface area (Å²) in [6.45, 7) is 6.12. The largest absolute Gasteiger partial charge is 0.415 e. The lowest BCUT2D eigenvalue weighted by molar-refractivity contribution is 0.0587. The Morgan fingerprint density at radius 2 is 2.13 bits per heavy atom. The van der Waals surface area contributed by atoms with Crippen molar-refractivity contribution in [2.45, 2.75) is 20.0 Å². The van der Waals surface area contributed by atoms with Gasteiger partial charge in [-0.2, -0.15) is 0 Å². The first-order valence-corrected chi connectivity index (χ1v) is 7.65. The number of piperazine rings is 1. The van der Waals surface area contributed by atoms with Crippen LogP contribution in [-0.4, -0.2) is 69.1 Å². The number of imidazole rings is 1. The van der Waals surface area contributed by atoms with E-state index < -0.39 is 0 Å². The molecule has 3 rings (SSSR count). The van der Waals surface area contributed by atoms with Gasteiger partial charge >= 0.3 is 11.8 Å². The Morgan fingerprint density at radius 1 is 1.35 bits per heavy atom. The van der Waals surface area contributed by atoms with Crippen molar-refractivity contribution in [3.8, 4) is 0 Å². The SMILES string of the molecule is CNCc1nnc(C(=O)N2CCN(Cc3cnc(C)[nH]3)CC2)o1. The van der Waals surface area contributed by atoms with Gasteiger partial charge in [0.05, 0.1) is 6.54 Å². The average molecular weight is 319 g/mol. The quantitative estimate of drug-likeness (QED) is 0.785. The number of aromatic amines is 1. The van der Waals surface area contributed by atoms with Gasteiger partial charge < -0.3 is 19.6 Å². The van der Waals surface area contributed by atoms with E-state index >= 15 is 0 Å². The Balaban J connectivity index is 1.52. The first kappa shape index (κ1) is 15.6. The van der Waals surface area contributed by atoms with Gasteiger partial charge in [-0.25, -0.2) is 4.98 Å². The third kappa shape index (κ3) is 3.74. The molecule has 3 heterocycles. The third-order valence-electron chi connectivity index (χ3n) is 3.79. The van der Waals surface area contributed by atoms with Gasteiger partial charge in [0.25, 0.3) is 0 Å². The number of aromatic nitrogens is 4. The van der Waals surface area contributed by atoms with E-state index in [9.17, 15) is 4.79 Å². The normalized spacial score (nSPS) is 16.0. The van der Waals surface area contributed by atoms with E-state index in [1.165, 1.54) is 0 Å². The van der Waals surface area contributed by atoms with E-state index in [2.05, 4.69) is 30.4 Å². The van der Waals surface area contributed by atoms with Crippen LogP contribution in [0.25, 0.3) is 0 Å². The third-order valence-corrected chi connectivity index (χ3v) is 3.79. The van der Waals surface area contributed by atoms with Gasteiger partial charge in [-0.05, 0) is 14.0 Å². The second-order valence-electron chi connectivity index (χ2n) is 5.59. The molecule has 2 aromatic heterocycles. The fourth-order valence-corrected chi connectivity index (χ4v) is 2.60. The molecule has 124 valence electrons. The minimum Gasteiger partial charge on any atom is -0.415 e. The summed E-state index contributed by atoms with van der Waals surface area (Å²) in [5, 5.41) is 10.6. The van der Waals surface area contributed by atoms with Crippen LogP contribution in [-0.2, 0) is 13.1 Å². The van der Waals surface area contributed by atoms with Crippen molar-refractivity contribution < 1.29 is 9.21 Å². The molecule has 23 heavy (non-hydrogen) atoms. The van der Waals surface area contributed by atoms with Gasteiger partial charge in [-0.1, -0.05) is 0 Å². The molecule has 1 saturated heterocycles. The van der Waals surface area contributed by atoms with E-state index in [0.29, 0.717) is 25.5 Å². The predicted molar refractivity (Wildman–Crippen MR) is 81.6 cm³/mol. The lowest BCUT2D eigenvalue weighted by Crippen LogP contribution is -2.48. The molecule has 0 aromatic carbocycles. The Hall–Kier alpha value is -2.26. The molecule has 1 aliphatic heterocycles. The number of hydrogen-bond acceptors (Lipinski definition) is 7. The van der Waals surface area contributed by atoms with Gasteiger partial charge in [0.15, 0.2) is 0 Å². The molecule has 0 spiro atoms. The summed E-state index contributed by atoms with van der Waals surface area (Å²) in [6.07, 6.45) is 1.86. The maximum Gasteiger partial charge on any atom is 0.311 e. The number of hydrogen-bond donors (Lipinski definition) is 2. The highest BCUT2D eigenvalue weighted by Gasteiger charge is 2.26. The van der Waals surface area contributed by atoms with Crippen LogP contribution in [0.4, 0.5) is 0 Å². The summed E-state index contributed by atoms with van der Waals surface area (Å²) in [5.74, 6) is 1.21. The summed E-state index contributed by atoms with van der Waals surface area (Å²) in [5.41, 5.74) is 1.09. The van der Waals surface area contributed by atoms with Gasteiger partial charge in [0.2, 0.25) is 5.89 Å². The maximum atomic E-state index is 12.4. The van der Waals surface area contributed by atoms with Crippen molar-refractivity contribution in [3.05, 3.63) is 29.5 Å². The van der Waals surface area contributed by atoms with Crippen LogP contribution in [0.5, 0.6) is 0 Å². The van der Waals surface area contributed by atoms with Crippen LogP contribution in [0.15, 0.2) is 10.6 Å². The minimum atomic E-state index is -0.197. The summed E-state index contributed by atoms with van der Waals surface area (Å²) >= 11 is 0. The Bertz CT molecular complexity index is 658. The van der Waals surface area contributed by atoms with Crippen molar-refractivity contribution in [1.29, 1.82) is 0 Å². The zero-order chi connectivity index (χ0) is 16.2. The second kappa shape index (κ2) is 6.88. The molecule has 0 saturated carbocycles. The fourth-order valence-electron chi connectivity index (χ4n) is 2.60. The van der Waals surface area contributed by atoms with Gasteiger partial charge in [0.1, 0.15) is 5.82 Å². The molecule has 2 aromatic rings. The highest BCUT2D eigenvalue weighted by molar-refractivity contribution is 5.89. The second-order valence-corrected chi connectivity index (χ2v) is 5.59. The van der Waals surface area contributed by atoms with E-state index in [1.807, 2.05) is 13.1 Å². The van der Waals surface area contributed by atoms with Gasteiger partial charge in [0, 0.05) is 44.6 Å². The highest BCUT2D eigenvalue weighted by atomic mass is 16.4. The molecule has 0 atom stereocenters. The standard InChI is InChI=1S/C14H21N7O2/c1-10-16-7-11(17-10)9-20-3-5-21(6-4-20)14(22)13-19-18-12(23-13)8-15-2/h7,15H,3-6,8-9H2,1-2H3,(H,16,17). The van der Waals surface area contributed by atoms with Crippen LogP contribution >= 0.6 is 0 Å². The Labute approximate surface area is 134 Å². The molecule has 9 nitrogen and oxygen atoms in total. The molecule has 1 amide bonds. The Morgan fingerprint density at radius 3 is 2.78 bits per heavy atom. The van der Waals surface area contributed by atoms with E-state index in [1.54, 1.807) is 11.9 Å². The molecule has 1 aliphatic rings. The van der Waals surface area contributed by atoms with Crippen LogP contribution < -0.4 is 5.32 Å². The number of rotatable bonds is 5. The van der Waals surface area contributed by atoms with Crippen LogP contribution in [0.1, 0.15) is 28.1 Å². The van der Waals surface area contributed by atoms with Crippen molar-refractivity contribution >= 4 is 5.91 Å². The predicted octanol–water partition coefficient (Wildman–Crippen LogP) is -0.221. The average Bonchev–Trinajstić information content (AvgIpc) is 3.17. The highest BCUT2D eigenvalue weighted by Crippen LogP contribution is 2.10. The number of amides is 1. The lowest BCUT2D eigenvalue weighted by Gasteiger charge is -2.33. The van der Waals surface area contributed by atoms with Crippen molar-refractivity contribution in [1.82, 2.24) is 35.3 Å². The monoisotopic (exact) mass is 319 g/mol. The zero-order valence-electron chi connectivity index (χ0n) is 13.4. The topological polar surface area (TPSA) is 103 Å². The van der Waals surface area contributed by atoms with E-state index in [-0.39, 0.29) is 11.8 Å². The minimum absolute atomic E-state index is 0.0629. The summed E-state index contributed by atoms with van der Waals surface area (Å²) in [6, 6.07) is 0. The first-order chi connectivity index (χ1) is 11.2. The number of aryl methyl sites for hydroxylation is 1. The van der Waals surface area contributed by atoms with Gasteiger partial charge in [-0.15, -0.1) is 10.2 Å². The smallest absolute Gasteiger partial charge is 0.311 e. The molecule has 0 radical (unpaired) electrons. The maximum absolute atomic E-state index is 12.4. The number of nitrogens with zero attached hydrogens (tertiary/aromatic N) is 5. The molecule has 2 N–H and O–H groups in total. The van der Waals surface area contributed by atoms with Crippen LogP contribution in [0, 0.1) is 6.92 Å².